The van der Waals surface area contributed by atoms with Crippen LogP contribution in [0.2, 0.25) is 0 Å². The molecule has 0 radical (unpaired) electrons. The van der Waals surface area contributed by atoms with Crippen LogP contribution in [0.3, 0.4) is 0 Å². The van der Waals surface area contributed by atoms with Crippen molar-refractivity contribution in [1.29, 1.82) is 0 Å². The van der Waals surface area contributed by atoms with Gasteiger partial charge >= 0.3 is 6.09 Å². The summed E-state index contributed by atoms with van der Waals surface area (Å²) >= 11 is 4.13. The van der Waals surface area contributed by atoms with Crippen molar-refractivity contribution < 1.29 is 9.90 Å². The number of amides is 1. The standard InChI is InChI=1S/C6H13NO2S/c1-4(2)6(3,10)7-5(8)9/h4,7,10H,1-3H3,(H,8,9). The molecule has 3 nitrogen and oxygen atoms in total. The minimum atomic E-state index is -1.04. The summed E-state index contributed by atoms with van der Waals surface area (Å²) in [5.74, 6) is 0.173. The molecule has 2 N–H and O–H groups in total. The van der Waals surface area contributed by atoms with Crippen molar-refractivity contribution in [3.05, 3.63) is 0 Å². The molecule has 0 aliphatic rings. The van der Waals surface area contributed by atoms with Gasteiger partial charge in [0.2, 0.25) is 0 Å². The molecule has 0 bridgehead atoms. The van der Waals surface area contributed by atoms with Gasteiger partial charge in [0.05, 0.1) is 4.87 Å². The van der Waals surface area contributed by atoms with Crippen LogP contribution in [0.25, 0.3) is 0 Å². The van der Waals surface area contributed by atoms with E-state index in [1.165, 1.54) is 0 Å². The maximum Gasteiger partial charge on any atom is 0.405 e. The molecule has 0 saturated carbocycles. The van der Waals surface area contributed by atoms with E-state index >= 15 is 0 Å². The summed E-state index contributed by atoms with van der Waals surface area (Å²) in [4.78, 5) is 9.53. The number of hydrogen-bond acceptors (Lipinski definition) is 2. The lowest BCUT2D eigenvalue weighted by Crippen LogP contribution is -2.44. The molecule has 0 aromatic heterocycles. The van der Waals surface area contributed by atoms with E-state index < -0.39 is 11.0 Å². The van der Waals surface area contributed by atoms with Gasteiger partial charge in [0.25, 0.3) is 0 Å². The topological polar surface area (TPSA) is 49.3 Å². The molecule has 1 amide bonds. The number of thiol groups is 1. The summed E-state index contributed by atoms with van der Waals surface area (Å²) < 4.78 is 0. The van der Waals surface area contributed by atoms with E-state index in [4.69, 9.17) is 5.11 Å². The zero-order chi connectivity index (χ0) is 8.36. The van der Waals surface area contributed by atoms with Gasteiger partial charge in [-0.05, 0) is 12.8 Å². The summed E-state index contributed by atoms with van der Waals surface area (Å²) in [6.45, 7) is 5.54. The largest absolute Gasteiger partial charge is 0.465 e. The maximum atomic E-state index is 10.2. The van der Waals surface area contributed by atoms with E-state index in [2.05, 4.69) is 17.9 Å². The van der Waals surface area contributed by atoms with Crippen LogP contribution in [0.1, 0.15) is 20.8 Å². The molecule has 0 spiro atoms. The first-order valence-electron chi connectivity index (χ1n) is 3.09. The van der Waals surface area contributed by atoms with Crippen molar-refractivity contribution >= 4 is 18.7 Å². The third kappa shape index (κ3) is 2.96. The van der Waals surface area contributed by atoms with E-state index in [0.29, 0.717) is 0 Å². The highest BCUT2D eigenvalue weighted by atomic mass is 32.1. The van der Waals surface area contributed by atoms with Gasteiger partial charge in [0.1, 0.15) is 0 Å². The molecule has 0 aromatic rings. The molecule has 4 heteroatoms. The third-order valence-corrected chi connectivity index (χ3v) is 2.11. The quantitative estimate of drug-likeness (QED) is 0.427. The smallest absolute Gasteiger partial charge is 0.405 e. The zero-order valence-corrected chi connectivity index (χ0v) is 7.27. The Morgan fingerprint density at radius 3 is 2.20 bits per heavy atom. The lowest BCUT2D eigenvalue weighted by molar-refractivity contribution is 0.184. The first kappa shape index (κ1) is 9.62. The first-order valence-corrected chi connectivity index (χ1v) is 3.54. The van der Waals surface area contributed by atoms with Crippen LogP contribution in [-0.4, -0.2) is 16.1 Å². The number of carbonyl (C=O) groups is 1. The normalized spacial score (nSPS) is 16.5. The fourth-order valence-electron chi connectivity index (χ4n) is 0.361. The minimum absolute atomic E-state index is 0.173. The van der Waals surface area contributed by atoms with Crippen molar-refractivity contribution in [3.63, 3.8) is 0 Å². The molecule has 0 fully saturated rings. The average Bonchev–Trinajstić information content (AvgIpc) is 1.60. The van der Waals surface area contributed by atoms with Crippen molar-refractivity contribution in [2.24, 2.45) is 5.92 Å². The summed E-state index contributed by atoms with van der Waals surface area (Å²) in [6.07, 6.45) is -1.04. The van der Waals surface area contributed by atoms with Gasteiger partial charge < -0.3 is 10.4 Å². The van der Waals surface area contributed by atoms with Crippen LogP contribution < -0.4 is 5.32 Å². The summed E-state index contributed by atoms with van der Waals surface area (Å²) in [7, 11) is 0. The Bertz CT molecular complexity index is 134. The molecular weight excluding hydrogens is 150 g/mol. The highest BCUT2D eigenvalue weighted by Gasteiger charge is 2.24. The number of hydrogen-bond donors (Lipinski definition) is 3. The number of carboxylic acid groups (broad SMARTS) is 1. The third-order valence-electron chi connectivity index (χ3n) is 1.48. The Morgan fingerprint density at radius 2 is 2.10 bits per heavy atom. The lowest BCUT2D eigenvalue weighted by Gasteiger charge is -2.27. The molecule has 10 heavy (non-hydrogen) atoms. The van der Waals surface area contributed by atoms with E-state index in [0.717, 1.165) is 0 Å². The first-order chi connectivity index (χ1) is 4.36. The summed E-state index contributed by atoms with van der Waals surface area (Å²) in [5.41, 5.74) is 0. The van der Waals surface area contributed by atoms with Gasteiger partial charge in [-0.2, -0.15) is 12.6 Å². The fourth-order valence-corrected chi connectivity index (χ4v) is 0.456. The molecule has 0 aliphatic carbocycles. The SMILES string of the molecule is CC(C)C(C)(S)NC(=O)O. The zero-order valence-electron chi connectivity index (χ0n) is 6.38. The lowest BCUT2D eigenvalue weighted by atomic mass is 10.1. The van der Waals surface area contributed by atoms with Gasteiger partial charge in [-0.3, -0.25) is 0 Å². The summed E-state index contributed by atoms with van der Waals surface area (Å²) in [6, 6.07) is 0. The van der Waals surface area contributed by atoms with Crippen molar-refractivity contribution in [2.75, 3.05) is 0 Å². The molecule has 0 rings (SSSR count). The van der Waals surface area contributed by atoms with Gasteiger partial charge in [0, 0.05) is 0 Å². The summed E-state index contributed by atoms with van der Waals surface area (Å²) in [5, 5.41) is 10.6. The molecule has 0 aliphatic heterocycles. The Kier molecular flexibility index (Phi) is 3.02. The van der Waals surface area contributed by atoms with E-state index in [1.807, 2.05) is 13.8 Å². The number of nitrogens with one attached hydrogen (secondary N) is 1. The average molecular weight is 163 g/mol. The Hall–Kier alpha value is -0.380. The van der Waals surface area contributed by atoms with E-state index in [-0.39, 0.29) is 5.92 Å². The Balaban J connectivity index is 3.99. The van der Waals surface area contributed by atoms with E-state index in [1.54, 1.807) is 6.92 Å². The second kappa shape index (κ2) is 3.14. The molecule has 1 unspecified atom stereocenters. The van der Waals surface area contributed by atoms with Crippen molar-refractivity contribution in [1.82, 2.24) is 5.32 Å². The van der Waals surface area contributed by atoms with Crippen LogP contribution >= 0.6 is 12.6 Å². The molecule has 60 valence electrons. The van der Waals surface area contributed by atoms with Crippen LogP contribution in [0.15, 0.2) is 0 Å². The molecule has 1 atom stereocenters. The second-order valence-corrected chi connectivity index (χ2v) is 3.66. The Labute approximate surface area is 66.2 Å². The number of rotatable bonds is 2. The van der Waals surface area contributed by atoms with Gasteiger partial charge in [-0.15, -0.1) is 0 Å². The maximum absolute atomic E-state index is 10.2. The molecular formula is C6H13NO2S. The minimum Gasteiger partial charge on any atom is -0.465 e. The molecule has 0 saturated heterocycles. The predicted octanol–water partition coefficient (Wildman–Crippen LogP) is 1.56. The van der Waals surface area contributed by atoms with E-state index in [9.17, 15) is 4.79 Å². The Morgan fingerprint density at radius 1 is 1.70 bits per heavy atom. The van der Waals surface area contributed by atoms with Gasteiger partial charge in [0.15, 0.2) is 0 Å². The van der Waals surface area contributed by atoms with Crippen LogP contribution in [0, 0.1) is 5.92 Å². The van der Waals surface area contributed by atoms with Crippen LogP contribution in [-0.2, 0) is 0 Å². The second-order valence-electron chi connectivity index (χ2n) is 2.73. The van der Waals surface area contributed by atoms with Crippen molar-refractivity contribution in [2.45, 2.75) is 25.6 Å². The molecule has 0 heterocycles. The molecule has 0 aromatic carbocycles. The fraction of sp³-hybridized carbons (Fsp3) is 0.833. The predicted molar refractivity (Wildman–Crippen MR) is 43.4 cm³/mol. The van der Waals surface area contributed by atoms with Crippen LogP contribution in [0.4, 0.5) is 4.79 Å². The van der Waals surface area contributed by atoms with Crippen molar-refractivity contribution in [3.8, 4) is 0 Å². The highest BCUT2D eigenvalue weighted by Crippen LogP contribution is 2.19. The highest BCUT2D eigenvalue weighted by molar-refractivity contribution is 7.81. The van der Waals surface area contributed by atoms with Gasteiger partial charge in [-0.25, -0.2) is 4.79 Å². The van der Waals surface area contributed by atoms with Crippen LogP contribution in [0.5, 0.6) is 0 Å². The monoisotopic (exact) mass is 163 g/mol. The van der Waals surface area contributed by atoms with Gasteiger partial charge in [-0.1, -0.05) is 13.8 Å².